The van der Waals surface area contributed by atoms with Gasteiger partial charge in [0.15, 0.2) is 0 Å². The molecule has 0 nitrogen and oxygen atoms in total. The molecule has 0 bridgehead atoms. The minimum atomic E-state index is -0.720. The summed E-state index contributed by atoms with van der Waals surface area (Å²) in [4.78, 5) is 0. The van der Waals surface area contributed by atoms with Crippen molar-refractivity contribution in [3.05, 3.63) is 35.5 Å². The topological polar surface area (TPSA) is 0 Å². The van der Waals surface area contributed by atoms with Crippen LogP contribution in [0.4, 0.5) is 4.39 Å². The largest absolute Gasteiger partial charge is 0.243 e. The Hall–Kier alpha value is -0.850. The van der Waals surface area contributed by atoms with E-state index in [1.807, 2.05) is 13.0 Å². The van der Waals surface area contributed by atoms with Crippen molar-refractivity contribution in [2.75, 3.05) is 0 Å². The number of allylic oxidation sites excluding steroid dienone is 6. The van der Waals surface area contributed by atoms with Gasteiger partial charge in [0.1, 0.15) is 6.17 Å². The molecule has 0 aromatic rings. The van der Waals surface area contributed by atoms with Crippen LogP contribution in [0.1, 0.15) is 39.0 Å². The molecule has 0 spiro atoms. The van der Waals surface area contributed by atoms with Gasteiger partial charge in [-0.1, -0.05) is 36.8 Å². The van der Waals surface area contributed by atoms with E-state index in [4.69, 9.17) is 0 Å². The highest BCUT2D eigenvalue weighted by Gasteiger charge is 2.20. The van der Waals surface area contributed by atoms with Gasteiger partial charge in [0.2, 0.25) is 0 Å². The summed E-state index contributed by atoms with van der Waals surface area (Å²) in [6.07, 6.45) is 13.2. The van der Waals surface area contributed by atoms with Crippen LogP contribution in [0.25, 0.3) is 0 Å². The van der Waals surface area contributed by atoms with E-state index in [1.165, 1.54) is 11.1 Å². The third kappa shape index (κ3) is 2.80. The summed E-state index contributed by atoms with van der Waals surface area (Å²) in [5.74, 6) is 0.213. The first-order chi connectivity index (χ1) is 7.25. The van der Waals surface area contributed by atoms with Gasteiger partial charge in [-0.05, 0) is 43.6 Å². The van der Waals surface area contributed by atoms with E-state index in [9.17, 15) is 4.39 Å². The molecule has 0 aromatic carbocycles. The number of alkyl halides is 1. The molecule has 0 aromatic heterocycles. The molecule has 2 aliphatic rings. The number of hydrogen-bond donors (Lipinski definition) is 0. The van der Waals surface area contributed by atoms with E-state index < -0.39 is 6.17 Å². The van der Waals surface area contributed by atoms with Crippen LogP contribution in [0.15, 0.2) is 35.5 Å². The fourth-order valence-electron chi connectivity index (χ4n) is 2.25. The van der Waals surface area contributed by atoms with E-state index in [1.54, 1.807) is 0 Å². The predicted molar refractivity (Wildman–Crippen MR) is 62.5 cm³/mol. The first kappa shape index (κ1) is 10.7. The molecule has 0 fully saturated rings. The van der Waals surface area contributed by atoms with Crippen LogP contribution in [0.2, 0.25) is 0 Å². The molecule has 2 aliphatic carbocycles. The van der Waals surface area contributed by atoms with Gasteiger partial charge in [-0.2, -0.15) is 0 Å². The lowest BCUT2D eigenvalue weighted by Crippen LogP contribution is -2.15. The van der Waals surface area contributed by atoms with Crippen molar-refractivity contribution in [3.63, 3.8) is 0 Å². The summed E-state index contributed by atoms with van der Waals surface area (Å²) in [6, 6.07) is 0. The van der Waals surface area contributed by atoms with Crippen LogP contribution < -0.4 is 0 Å². The maximum Gasteiger partial charge on any atom is 0.121 e. The second-order valence-electron chi connectivity index (χ2n) is 4.72. The molecule has 0 radical (unpaired) electrons. The highest BCUT2D eigenvalue weighted by atomic mass is 19.1. The van der Waals surface area contributed by atoms with Crippen molar-refractivity contribution in [1.29, 1.82) is 0 Å². The van der Waals surface area contributed by atoms with Crippen LogP contribution in [-0.2, 0) is 0 Å². The molecule has 1 heteroatoms. The Bertz CT molecular complexity index is 309. The average Bonchev–Trinajstić information content (AvgIpc) is 2.25. The van der Waals surface area contributed by atoms with Crippen LogP contribution in [0.5, 0.6) is 0 Å². The first-order valence-electron chi connectivity index (χ1n) is 5.95. The minimum absolute atomic E-state index is 0.213. The smallest absolute Gasteiger partial charge is 0.121 e. The van der Waals surface area contributed by atoms with Gasteiger partial charge in [0, 0.05) is 0 Å². The summed E-state index contributed by atoms with van der Waals surface area (Å²) >= 11 is 0. The normalized spacial score (nSPS) is 31.1. The van der Waals surface area contributed by atoms with Gasteiger partial charge in [-0.25, -0.2) is 4.39 Å². The molecule has 0 saturated carbocycles. The lowest BCUT2D eigenvalue weighted by molar-refractivity contribution is 0.270. The molecule has 15 heavy (non-hydrogen) atoms. The molecule has 0 N–H and O–H groups in total. The van der Waals surface area contributed by atoms with Crippen molar-refractivity contribution in [2.24, 2.45) is 5.92 Å². The van der Waals surface area contributed by atoms with Crippen molar-refractivity contribution in [1.82, 2.24) is 0 Å². The van der Waals surface area contributed by atoms with Gasteiger partial charge in [-0.3, -0.25) is 0 Å². The predicted octanol–water partition coefficient (Wildman–Crippen LogP) is 4.35. The number of halogens is 1. The second kappa shape index (κ2) is 4.78. The zero-order chi connectivity index (χ0) is 10.7. The fourth-order valence-corrected chi connectivity index (χ4v) is 2.25. The van der Waals surface area contributed by atoms with E-state index in [2.05, 4.69) is 18.2 Å². The highest BCUT2D eigenvalue weighted by molar-refractivity contribution is 5.29. The van der Waals surface area contributed by atoms with E-state index in [0.29, 0.717) is 0 Å². The van der Waals surface area contributed by atoms with E-state index in [0.717, 1.165) is 32.1 Å². The Balaban J connectivity index is 1.97. The summed E-state index contributed by atoms with van der Waals surface area (Å²) in [7, 11) is 0. The molecule has 2 rings (SSSR count). The summed E-state index contributed by atoms with van der Waals surface area (Å²) < 4.78 is 13.5. The molecular formula is C14H19F. The van der Waals surface area contributed by atoms with E-state index >= 15 is 0 Å². The molecule has 0 heterocycles. The Morgan fingerprint density at radius 2 is 2.27 bits per heavy atom. The SMILES string of the molecule is CC1CCC(CC2=CCCC=C2)=CC1F. The Morgan fingerprint density at radius 1 is 1.40 bits per heavy atom. The maximum absolute atomic E-state index is 13.5. The van der Waals surface area contributed by atoms with Gasteiger partial charge >= 0.3 is 0 Å². The first-order valence-corrected chi connectivity index (χ1v) is 5.95. The molecule has 2 atom stereocenters. The van der Waals surface area contributed by atoms with Crippen molar-refractivity contribution >= 4 is 0 Å². The maximum atomic E-state index is 13.5. The van der Waals surface area contributed by atoms with Gasteiger partial charge in [0.05, 0.1) is 0 Å². The van der Waals surface area contributed by atoms with Gasteiger partial charge < -0.3 is 0 Å². The van der Waals surface area contributed by atoms with Crippen LogP contribution in [0, 0.1) is 5.92 Å². The average molecular weight is 206 g/mol. The molecule has 2 unspecified atom stereocenters. The third-order valence-corrected chi connectivity index (χ3v) is 3.36. The van der Waals surface area contributed by atoms with Gasteiger partial charge in [0.25, 0.3) is 0 Å². The molecule has 0 aliphatic heterocycles. The fraction of sp³-hybridized carbons (Fsp3) is 0.571. The minimum Gasteiger partial charge on any atom is -0.243 e. The second-order valence-corrected chi connectivity index (χ2v) is 4.72. The Labute approximate surface area is 91.6 Å². The Kier molecular flexibility index (Phi) is 3.40. The standard InChI is InChI=1S/C14H19F/c1-11-7-8-13(10-14(11)15)9-12-5-3-2-4-6-12/h3,5-6,10-11,14H,2,4,7-9H2,1H3. The number of rotatable bonds is 2. The summed E-state index contributed by atoms with van der Waals surface area (Å²) in [5, 5.41) is 0. The quantitative estimate of drug-likeness (QED) is 0.589. The lowest BCUT2D eigenvalue weighted by atomic mass is 9.86. The van der Waals surface area contributed by atoms with Gasteiger partial charge in [-0.15, -0.1) is 0 Å². The van der Waals surface area contributed by atoms with Crippen LogP contribution in [-0.4, -0.2) is 6.17 Å². The lowest BCUT2D eigenvalue weighted by Gasteiger charge is -2.22. The number of hydrogen-bond acceptors (Lipinski definition) is 0. The van der Waals surface area contributed by atoms with Crippen LogP contribution in [0.3, 0.4) is 0 Å². The third-order valence-electron chi connectivity index (χ3n) is 3.36. The van der Waals surface area contributed by atoms with Crippen molar-refractivity contribution in [3.8, 4) is 0 Å². The summed E-state index contributed by atoms with van der Waals surface area (Å²) in [6.45, 7) is 2.00. The van der Waals surface area contributed by atoms with Crippen LogP contribution >= 0.6 is 0 Å². The van der Waals surface area contributed by atoms with Crippen molar-refractivity contribution < 1.29 is 4.39 Å². The molecular weight excluding hydrogens is 187 g/mol. The summed E-state index contributed by atoms with van der Waals surface area (Å²) in [5.41, 5.74) is 2.66. The zero-order valence-electron chi connectivity index (χ0n) is 9.38. The molecule has 0 saturated heterocycles. The Morgan fingerprint density at radius 3 is 2.93 bits per heavy atom. The molecule has 0 amide bonds. The highest BCUT2D eigenvalue weighted by Crippen LogP contribution is 2.30. The molecule has 82 valence electrons. The van der Waals surface area contributed by atoms with E-state index in [-0.39, 0.29) is 5.92 Å². The zero-order valence-corrected chi connectivity index (χ0v) is 9.38. The van der Waals surface area contributed by atoms with Crippen molar-refractivity contribution in [2.45, 2.75) is 45.2 Å². The monoisotopic (exact) mass is 206 g/mol.